The molecule has 0 aliphatic heterocycles. The van der Waals surface area contributed by atoms with Gasteiger partial charge in [-0.15, -0.1) is 11.3 Å². The van der Waals surface area contributed by atoms with Gasteiger partial charge in [-0.2, -0.15) is 9.29 Å². The molecule has 0 N–H and O–H groups in total. The molecule has 0 saturated carbocycles. The van der Waals surface area contributed by atoms with Crippen LogP contribution in [-0.4, -0.2) is 44.1 Å². The van der Waals surface area contributed by atoms with Crippen molar-refractivity contribution in [3.63, 3.8) is 0 Å². The molecule has 2 heterocycles. The van der Waals surface area contributed by atoms with Crippen LogP contribution in [0.1, 0.15) is 5.89 Å². The van der Waals surface area contributed by atoms with E-state index in [1.54, 1.807) is 42.8 Å². The zero-order valence-electron chi connectivity index (χ0n) is 14.4. The van der Waals surface area contributed by atoms with Crippen LogP contribution in [0.5, 0.6) is 11.5 Å². The molecule has 0 spiro atoms. The molecule has 2 aromatic heterocycles. The quantitative estimate of drug-likeness (QED) is 0.607. The van der Waals surface area contributed by atoms with Crippen LogP contribution in [0.3, 0.4) is 0 Å². The first kappa shape index (κ1) is 18.4. The van der Waals surface area contributed by atoms with E-state index >= 15 is 0 Å². The van der Waals surface area contributed by atoms with E-state index in [0.717, 1.165) is 11.3 Å². The fourth-order valence-corrected chi connectivity index (χ4v) is 4.57. The Bertz CT molecular complexity index is 983. The third-order valence-electron chi connectivity index (χ3n) is 3.63. The van der Waals surface area contributed by atoms with Crippen molar-refractivity contribution in [2.24, 2.45) is 0 Å². The summed E-state index contributed by atoms with van der Waals surface area (Å²) in [6.45, 7) is -0.0273. The Morgan fingerprint density at radius 2 is 1.96 bits per heavy atom. The average Bonchev–Trinajstić information content (AvgIpc) is 3.33. The van der Waals surface area contributed by atoms with Crippen LogP contribution in [0.2, 0.25) is 0 Å². The van der Waals surface area contributed by atoms with E-state index < -0.39 is 10.0 Å². The summed E-state index contributed by atoms with van der Waals surface area (Å²) in [5.74, 6) is 1.65. The van der Waals surface area contributed by atoms with Gasteiger partial charge in [0.2, 0.25) is 11.7 Å². The van der Waals surface area contributed by atoms with Crippen molar-refractivity contribution in [1.29, 1.82) is 0 Å². The molecule has 0 fully saturated rings. The van der Waals surface area contributed by atoms with Gasteiger partial charge in [-0.1, -0.05) is 11.2 Å². The van der Waals surface area contributed by atoms with Crippen LogP contribution in [0.4, 0.5) is 0 Å². The summed E-state index contributed by atoms with van der Waals surface area (Å²) in [5.41, 5.74) is 0.668. The number of hydrogen-bond acceptors (Lipinski definition) is 8. The highest BCUT2D eigenvalue weighted by atomic mass is 32.2. The summed E-state index contributed by atoms with van der Waals surface area (Å²) < 4.78 is 42.0. The highest BCUT2D eigenvalue weighted by Crippen LogP contribution is 2.31. The number of ether oxygens (including phenoxy) is 2. The molecule has 26 heavy (non-hydrogen) atoms. The summed E-state index contributed by atoms with van der Waals surface area (Å²) >= 11 is 1.16. The average molecular weight is 395 g/mol. The van der Waals surface area contributed by atoms with E-state index in [1.165, 1.54) is 18.5 Å². The normalized spacial score (nSPS) is 11.7. The summed E-state index contributed by atoms with van der Waals surface area (Å²) in [4.78, 5) is 4.27. The van der Waals surface area contributed by atoms with Gasteiger partial charge in [0.1, 0.15) is 4.21 Å². The number of hydrogen-bond donors (Lipinski definition) is 0. The van der Waals surface area contributed by atoms with Crippen molar-refractivity contribution >= 4 is 21.4 Å². The lowest BCUT2D eigenvalue weighted by Gasteiger charge is -2.13. The molecule has 0 unspecified atom stereocenters. The number of nitrogens with zero attached hydrogens (tertiary/aromatic N) is 3. The Morgan fingerprint density at radius 3 is 2.62 bits per heavy atom. The maximum absolute atomic E-state index is 12.4. The molecule has 138 valence electrons. The molecule has 3 rings (SSSR count). The third-order valence-corrected chi connectivity index (χ3v) is 6.80. The van der Waals surface area contributed by atoms with Crippen LogP contribution >= 0.6 is 11.3 Å². The Hall–Kier alpha value is -2.43. The summed E-state index contributed by atoms with van der Waals surface area (Å²) in [6, 6.07) is 8.46. The molecule has 0 amide bonds. The largest absolute Gasteiger partial charge is 0.493 e. The maximum Gasteiger partial charge on any atom is 0.252 e. The van der Waals surface area contributed by atoms with E-state index in [-0.39, 0.29) is 16.6 Å². The molecule has 0 aliphatic carbocycles. The number of rotatable bonds is 7. The van der Waals surface area contributed by atoms with Gasteiger partial charge in [0.25, 0.3) is 10.0 Å². The van der Waals surface area contributed by atoms with Gasteiger partial charge in [0.15, 0.2) is 11.5 Å². The van der Waals surface area contributed by atoms with Gasteiger partial charge in [-0.05, 0) is 29.6 Å². The summed E-state index contributed by atoms with van der Waals surface area (Å²) in [6.07, 6.45) is 0. The molecule has 0 bridgehead atoms. The molecular formula is C16H17N3O5S2. The van der Waals surface area contributed by atoms with E-state index in [4.69, 9.17) is 14.0 Å². The number of sulfonamides is 1. The fraction of sp³-hybridized carbons (Fsp3) is 0.250. The van der Waals surface area contributed by atoms with Gasteiger partial charge in [-0.25, -0.2) is 8.42 Å². The highest BCUT2D eigenvalue weighted by Gasteiger charge is 2.24. The van der Waals surface area contributed by atoms with E-state index in [0.29, 0.717) is 22.9 Å². The maximum atomic E-state index is 12.4. The number of methoxy groups -OCH3 is 2. The predicted molar refractivity (Wildman–Crippen MR) is 95.8 cm³/mol. The minimum Gasteiger partial charge on any atom is -0.493 e. The monoisotopic (exact) mass is 395 g/mol. The Kier molecular flexibility index (Phi) is 5.25. The molecule has 3 aromatic rings. The predicted octanol–water partition coefficient (Wildman–Crippen LogP) is 2.64. The van der Waals surface area contributed by atoms with Gasteiger partial charge in [0.05, 0.1) is 20.8 Å². The Labute approximate surface area is 155 Å². The summed E-state index contributed by atoms with van der Waals surface area (Å²) in [5, 5.41) is 5.62. The smallest absolute Gasteiger partial charge is 0.252 e. The molecule has 0 saturated heterocycles. The topological polar surface area (TPSA) is 94.8 Å². The molecule has 1 aromatic carbocycles. The lowest BCUT2D eigenvalue weighted by molar-refractivity contribution is 0.337. The number of benzene rings is 1. The minimum atomic E-state index is -3.58. The molecule has 0 radical (unpaired) electrons. The summed E-state index contributed by atoms with van der Waals surface area (Å²) in [7, 11) is 0.971. The highest BCUT2D eigenvalue weighted by molar-refractivity contribution is 7.91. The van der Waals surface area contributed by atoms with Crippen molar-refractivity contribution in [2.45, 2.75) is 10.8 Å². The first-order valence-corrected chi connectivity index (χ1v) is 9.82. The van der Waals surface area contributed by atoms with Gasteiger partial charge in [0, 0.05) is 12.6 Å². The minimum absolute atomic E-state index is 0.0273. The van der Waals surface area contributed by atoms with Crippen molar-refractivity contribution in [1.82, 2.24) is 14.4 Å². The first-order valence-electron chi connectivity index (χ1n) is 7.50. The lowest BCUT2D eigenvalue weighted by Crippen LogP contribution is -2.25. The molecule has 0 atom stereocenters. The van der Waals surface area contributed by atoms with Crippen LogP contribution in [-0.2, 0) is 16.6 Å². The van der Waals surface area contributed by atoms with Crippen LogP contribution in [0.25, 0.3) is 11.4 Å². The first-order chi connectivity index (χ1) is 12.5. The fourth-order valence-electron chi connectivity index (χ4n) is 2.25. The third kappa shape index (κ3) is 3.57. The second-order valence-corrected chi connectivity index (χ2v) is 8.49. The number of thiophene rings is 1. The zero-order valence-corrected chi connectivity index (χ0v) is 16.0. The standard InChI is InChI=1S/C16H17N3O5S2/c1-19(26(20,21)15-5-4-8-25-15)10-14-17-16(18-24-14)11-6-7-12(22-2)13(9-11)23-3/h4-9H,10H2,1-3H3. The van der Waals surface area contributed by atoms with Crippen LogP contribution in [0, 0.1) is 0 Å². The van der Waals surface area contributed by atoms with E-state index in [2.05, 4.69) is 10.1 Å². The van der Waals surface area contributed by atoms with Crippen LogP contribution in [0.15, 0.2) is 44.4 Å². The number of aromatic nitrogens is 2. The Balaban J connectivity index is 1.80. The second-order valence-electron chi connectivity index (χ2n) is 5.27. The van der Waals surface area contributed by atoms with Gasteiger partial charge >= 0.3 is 0 Å². The Morgan fingerprint density at radius 1 is 1.19 bits per heavy atom. The lowest BCUT2D eigenvalue weighted by atomic mass is 10.2. The van der Waals surface area contributed by atoms with Gasteiger partial charge < -0.3 is 14.0 Å². The van der Waals surface area contributed by atoms with Crippen molar-refractivity contribution in [2.75, 3.05) is 21.3 Å². The second kappa shape index (κ2) is 7.44. The molecule has 10 heteroatoms. The van der Waals surface area contributed by atoms with Crippen molar-refractivity contribution < 1.29 is 22.4 Å². The zero-order chi connectivity index (χ0) is 18.7. The van der Waals surface area contributed by atoms with Crippen LogP contribution < -0.4 is 9.47 Å². The SMILES string of the molecule is COc1ccc(-c2noc(CN(C)S(=O)(=O)c3cccs3)n2)cc1OC. The molecular weight excluding hydrogens is 378 g/mol. The van der Waals surface area contributed by atoms with Crippen molar-refractivity contribution in [3.05, 3.63) is 41.6 Å². The van der Waals surface area contributed by atoms with E-state index in [1.807, 2.05) is 0 Å². The van der Waals surface area contributed by atoms with E-state index in [9.17, 15) is 8.42 Å². The molecule has 8 nitrogen and oxygen atoms in total. The van der Waals surface area contributed by atoms with Gasteiger partial charge in [-0.3, -0.25) is 0 Å². The molecule has 0 aliphatic rings. The van der Waals surface area contributed by atoms with Crippen molar-refractivity contribution in [3.8, 4) is 22.9 Å².